The van der Waals surface area contributed by atoms with Gasteiger partial charge in [0.1, 0.15) is 18.0 Å². The van der Waals surface area contributed by atoms with Crippen LogP contribution in [0.4, 0.5) is 0 Å². The molecule has 1 spiro atoms. The topological polar surface area (TPSA) is 83.2 Å². The maximum absolute atomic E-state index is 13.2. The molecule has 8 heteroatoms. The molecule has 0 bridgehead atoms. The van der Waals surface area contributed by atoms with Crippen molar-refractivity contribution < 1.29 is 18.8 Å². The van der Waals surface area contributed by atoms with Gasteiger partial charge in [0, 0.05) is 17.7 Å². The summed E-state index contributed by atoms with van der Waals surface area (Å²) < 4.78 is 5.47. The summed E-state index contributed by atoms with van der Waals surface area (Å²) in [4.78, 5) is 41.2. The Morgan fingerprint density at radius 3 is 2.73 bits per heavy atom. The molecule has 0 N–H and O–H groups in total. The molecule has 7 nitrogen and oxygen atoms in total. The monoisotopic (exact) mass is 425 g/mol. The molecule has 1 saturated carbocycles. The van der Waals surface area contributed by atoms with Crippen LogP contribution < -0.4 is 0 Å². The van der Waals surface area contributed by atoms with Crippen molar-refractivity contribution in [1.82, 2.24) is 9.91 Å². The molecule has 0 aromatic carbocycles. The Balaban J connectivity index is 1.38. The van der Waals surface area contributed by atoms with Gasteiger partial charge in [0.2, 0.25) is 11.8 Å². The van der Waals surface area contributed by atoms with Crippen molar-refractivity contribution >= 4 is 34.8 Å². The van der Waals surface area contributed by atoms with E-state index in [9.17, 15) is 14.4 Å². The van der Waals surface area contributed by atoms with Crippen LogP contribution in [0.25, 0.3) is 0 Å². The van der Waals surface area contributed by atoms with Crippen LogP contribution in [-0.2, 0) is 14.4 Å². The molecular weight excluding hydrogens is 402 g/mol. The number of carbonyl (C=O) groups is 3. The number of nitrogens with zero attached hydrogens (tertiary/aromatic N) is 3. The van der Waals surface area contributed by atoms with E-state index in [1.54, 1.807) is 23.7 Å². The van der Waals surface area contributed by atoms with Crippen molar-refractivity contribution in [3.8, 4) is 0 Å². The van der Waals surface area contributed by atoms with Crippen LogP contribution in [0.1, 0.15) is 61.6 Å². The normalized spacial score (nSPS) is 23.5. The van der Waals surface area contributed by atoms with Crippen LogP contribution in [0, 0.1) is 5.41 Å². The highest BCUT2D eigenvalue weighted by Crippen LogP contribution is 2.45. The lowest BCUT2D eigenvalue weighted by atomic mass is 9.73. The lowest BCUT2D eigenvalue weighted by molar-refractivity contribution is -0.148. The number of furan rings is 1. The molecule has 3 aliphatic rings. The summed E-state index contributed by atoms with van der Waals surface area (Å²) in [5.74, 6) is -0.133. The van der Waals surface area contributed by atoms with Crippen LogP contribution in [0.2, 0.25) is 0 Å². The van der Waals surface area contributed by atoms with Gasteiger partial charge < -0.3 is 4.42 Å². The molecule has 2 aliphatic heterocycles. The molecule has 156 valence electrons. The Morgan fingerprint density at radius 2 is 2.03 bits per heavy atom. The number of amides is 3. The SMILES string of the molecule is O=C1CC2(CCCCC2)C(=O)N1CC(=O)N1N=C(c2ccco2)C[C@H]1c1cccs1. The summed E-state index contributed by atoms with van der Waals surface area (Å²) in [6.45, 7) is -0.254. The Bertz CT molecular complexity index is 990. The van der Waals surface area contributed by atoms with E-state index in [1.165, 1.54) is 9.91 Å². The van der Waals surface area contributed by atoms with Gasteiger partial charge in [0.25, 0.3) is 5.91 Å². The Labute approximate surface area is 178 Å². The lowest BCUT2D eigenvalue weighted by Gasteiger charge is -2.30. The van der Waals surface area contributed by atoms with Crippen molar-refractivity contribution in [2.75, 3.05) is 6.54 Å². The maximum Gasteiger partial charge on any atom is 0.263 e. The van der Waals surface area contributed by atoms with Crippen LogP contribution in [0.5, 0.6) is 0 Å². The van der Waals surface area contributed by atoms with Gasteiger partial charge in [-0.25, -0.2) is 5.01 Å². The van der Waals surface area contributed by atoms with E-state index in [1.807, 2.05) is 23.6 Å². The minimum absolute atomic E-state index is 0.178. The lowest BCUT2D eigenvalue weighted by Crippen LogP contribution is -2.43. The standard InChI is InChI=1S/C22H23N3O4S/c26-19-13-22(8-2-1-3-9-22)21(28)24(19)14-20(27)25-16(18-7-5-11-30-18)12-15(23-25)17-6-4-10-29-17/h4-7,10-11,16H,1-3,8-9,12-14H2/t16-/m0/s1. The number of thiophene rings is 1. The van der Waals surface area contributed by atoms with E-state index < -0.39 is 5.41 Å². The van der Waals surface area contributed by atoms with Crippen molar-refractivity contribution in [2.24, 2.45) is 10.5 Å². The van der Waals surface area contributed by atoms with Crippen LogP contribution in [0.15, 0.2) is 45.4 Å². The highest BCUT2D eigenvalue weighted by atomic mass is 32.1. The summed E-state index contributed by atoms with van der Waals surface area (Å²) in [6, 6.07) is 7.26. The predicted molar refractivity (Wildman–Crippen MR) is 111 cm³/mol. The molecular formula is C22H23N3O4S. The average Bonchev–Trinajstić information content (AvgIpc) is 3.53. The molecule has 2 aromatic heterocycles. The first-order chi connectivity index (χ1) is 14.6. The molecule has 3 amide bonds. The minimum atomic E-state index is -0.587. The largest absolute Gasteiger partial charge is 0.463 e. The van der Waals surface area contributed by atoms with Gasteiger partial charge in [-0.2, -0.15) is 5.10 Å². The maximum atomic E-state index is 13.2. The highest BCUT2D eigenvalue weighted by Gasteiger charge is 2.52. The second kappa shape index (κ2) is 7.50. The number of rotatable bonds is 4. The molecule has 0 unspecified atom stereocenters. The van der Waals surface area contributed by atoms with E-state index >= 15 is 0 Å². The van der Waals surface area contributed by atoms with E-state index in [0.717, 1.165) is 37.0 Å². The van der Waals surface area contributed by atoms with Crippen molar-refractivity contribution in [2.45, 2.75) is 51.0 Å². The summed E-state index contributed by atoms with van der Waals surface area (Å²) in [6.07, 6.45) is 6.85. The number of hydrazone groups is 1. The molecule has 30 heavy (non-hydrogen) atoms. The molecule has 2 aromatic rings. The van der Waals surface area contributed by atoms with E-state index in [-0.39, 0.29) is 36.7 Å². The first-order valence-corrected chi connectivity index (χ1v) is 11.3. The fraction of sp³-hybridized carbons (Fsp3) is 0.455. The van der Waals surface area contributed by atoms with E-state index in [0.29, 0.717) is 17.9 Å². The molecule has 5 rings (SSSR count). The molecule has 4 heterocycles. The van der Waals surface area contributed by atoms with Gasteiger partial charge in [0.15, 0.2) is 0 Å². The summed E-state index contributed by atoms with van der Waals surface area (Å²) in [7, 11) is 0. The fourth-order valence-corrected chi connectivity index (χ4v) is 5.69. The summed E-state index contributed by atoms with van der Waals surface area (Å²) >= 11 is 1.56. The highest BCUT2D eigenvalue weighted by molar-refractivity contribution is 7.10. The van der Waals surface area contributed by atoms with Gasteiger partial charge in [-0.1, -0.05) is 25.3 Å². The third-order valence-electron chi connectivity index (χ3n) is 6.44. The predicted octanol–water partition coefficient (Wildman–Crippen LogP) is 3.73. The summed E-state index contributed by atoms with van der Waals surface area (Å²) in [5.41, 5.74) is 0.102. The zero-order chi connectivity index (χ0) is 20.7. The molecule has 1 saturated heterocycles. The first-order valence-electron chi connectivity index (χ1n) is 10.4. The fourth-order valence-electron chi connectivity index (χ4n) is 4.88. The Hall–Kier alpha value is -2.74. The zero-order valence-electron chi connectivity index (χ0n) is 16.6. The van der Waals surface area contributed by atoms with Gasteiger partial charge in [-0.15, -0.1) is 11.3 Å². The number of likely N-dealkylation sites (tertiary alicyclic amines) is 1. The molecule has 0 radical (unpaired) electrons. The third kappa shape index (κ3) is 3.19. The quantitative estimate of drug-likeness (QED) is 0.699. The van der Waals surface area contributed by atoms with Gasteiger partial charge in [-0.05, 0) is 36.4 Å². The molecule has 1 aliphatic carbocycles. The zero-order valence-corrected chi connectivity index (χ0v) is 17.4. The Kier molecular flexibility index (Phi) is 4.81. The smallest absolute Gasteiger partial charge is 0.263 e. The van der Waals surface area contributed by atoms with Gasteiger partial charge in [-0.3, -0.25) is 19.3 Å². The second-order valence-electron chi connectivity index (χ2n) is 8.30. The van der Waals surface area contributed by atoms with E-state index in [2.05, 4.69) is 5.10 Å². The average molecular weight is 426 g/mol. The van der Waals surface area contributed by atoms with Crippen molar-refractivity contribution in [1.29, 1.82) is 0 Å². The van der Waals surface area contributed by atoms with Gasteiger partial charge in [0.05, 0.1) is 17.7 Å². The number of hydrogen-bond donors (Lipinski definition) is 0. The summed E-state index contributed by atoms with van der Waals surface area (Å²) in [5, 5.41) is 7.92. The first kappa shape index (κ1) is 19.2. The number of hydrogen-bond acceptors (Lipinski definition) is 6. The second-order valence-corrected chi connectivity index (χ2v) is 9.28. The van der Waals surface area contributed by atoms with Crippen molar-refractivity contribution in [3.63, 3.8) is 0 Å². The molecule has 2 fully saturated rings. The minimum Gasteiger partial charge on any atom is -0.463 e. The van der Waals surface area contributed by atoms with Crippen LogP contribution >= 0.6 is 11.3 Å². The number of imide groups is 1. The van der Waals surface area contributed by atoms with Crippen molar-refractivity contribution in [3.05, 3.63) is 46.5 Å². The Morgan fingerprint density at radius 1 is 1.20 bits per heavy atom. The number of carbonyl (C=O) groups excluding carboxylic acids is 3. The van der Waals surface area contributed by atoms with Crippen LogP contribution in [0.3, 0.4) is 0 Å². The van der Waals surface area contributed by atoms with Crippen LogP contribution in [-0.4, -0.2) is 39.9 Å². The molecule has 1 atom stereocenters. The van der Waals surface area contributed by atoms with Gasteiger partial charge >= 0.3 is 0 Å². The third-order valence-corrected chi connectivity index (χ3v) is 7.41. The van der Waals surface area contributed by atoms with E-state index in [4.69, 9.17) is 4.42 Å².